The molecule has 3 rings (SSSR count). The number of aromatic nitrogens is 3. The van der Waals surface area contributed by atoms with Crippen LogP contribution >= 0.6 is 15.9 Å². The Bertz CT molecular complexity index is 881. The summed E-state index contributed by atoms with van der Waals surface area (Å²) in [5.41, 5.74) is 3.46. The first kappa shape index (κ1) is 14.0. The summed E-state index contributed by atoms with van der Waals surface area (Å²) in [5, 5.41) is 2.99. The fraction of sp³-hybridized carbons (Fsp3) is 0.200. The summed E-state index contributed by atoms with van der Waals surface area (Å²) in [6, 6.07) is 6.14. The van der Waals surface area contributed by atoms with Gasteiger partial charge >= 0.3 is 0 Å². The monoisotopic (exact) mass is 349 g/mol. The van der Waals surface area contributed by atoms with Crippen LogP contribution in [0.15, 0.2) is 33.5 Å². The lowest BCUT2D eigenvalue weighted by molar-refractivity contribution is 0.627. The van der Waals surface area contributed by atoms with Crippen LogP contribution in [0.25, 0.3) is 5.65 Å². The molecule has 0 aliphatic rings. The van der Waals surface area contributed by atoms with Crippen LogP contribution in [0.1, 0.15) is 22.5 Å². The van der Waals surface area contributed by atoms with E-state index in [4.69, 9.17) is 0 Å². The molecule has 0 unspecified atom stereocenters. The third kappa shape index (κ3) is 2.40. The lowest BCUT2D eigenvalue weighted by Crippen LogP contribution is -2.22. The molecule has 0 fully saturated rings. The molecule has 0 saturated heterocycles. The van der Waals surface area contributed by atoms with Gasteiger partial charge < -0.3 is 0 Å². The molecule has 2 heterocycles. The van der Waals surface area contributed by atoms with Gasteiger partial charge in [-0.15, -0.1) is 0 Å². The summed E-state index contributed by atoms with van der Waals surface area (Å²) in [4.78, 5) is 17.1. The first-order valence-corrected chi connectivity index (χ1v) is 7.27. The minimum Gasteiger partial charge on any atom is -0.293 e. The average molecular weight is 350 g/mol. The third-order valence-electron chi connectivity index (χ3n) is 3.48. The van der Waals surface area contributed by atoms with Crippen molar-refractivity contribution in [2.24, 2.45) is 0 Å². The molecule has 0 amide bonds. The van der Waals surface area contributed by atoms with E-state index in [0.29, 0.717) is 23.3 Å². The van der Waals surface area contributed by atoms with Gasteiger partial charge in [0.05, 0.1) is 4.47 Å². The predicted molar refractivity (Wildman–Crippen MR) is 82.2 cm³/mol. The number of rotatable bonds is 2. The van der Waals surface area contributed by atoms with E-state index >= 15 is 0 Å². The largest absolute Gasteiger partial charge is 0.293 e. The number of hydrogen-bond donors (Lipinski definition) is 1. The predicted octanol–water partition coefficient (Wildman–Crippen LogP) is 3.13. The summed E-state index contributed by atoms with van der Waals surface area (Å²) in [6.45, 7) is 3.68. The number of H-pyrrole nitrogens is 1. The Morgan fingerprint density at radius 1 is 1.29 bits per heavy atom. The molecule has 0 aliphatic carbocycles. The molecular weight excluding hydrogens is 337 g/mol. The highest BCUT2D eigenvalue weighted by atomic mass is 79.9. The normalized spacial score (nSPS) is 11.2. The molecule has 0 bridgehead atoms. The number of aromatic amines is 1. The summed E-state index contributed by atoms with van der Waals surface area (Å²) < 4.78 is 15.2. The molecule has 0 saturated carbocycles. The van der Waals surface area contributed by atoms with E-state index in [-0.39, 0.29) is 11.4 Å². The van der Waals surface area contributed by atoms with E-state index in [1.807, 2.05) is 13.8 Å². The maximum absolute atomic E-state index is 13.0. The molecule has 0 radical (unpaired) electrons. The number of nitrogens with zero attached hydrogens (tertiary/aromatic N) is 2. The summed E-state index contributed by atoms with van der Waals surface area (Å²) in [5.74, 6) is -0.287. The van der Waals surface area contributed by atoms with Crippen molar-refractivity contribution in [3.8, 4) is 0 Å². The van der Waals surface area contributed by atoms with E-state index in [1.165, 1.54) is 16.6 Å². The van der Waals surface area contributed by atoms with Crippen LogP contribution in [0, 0.1) is 19.7 Å². The van der Waals surface area contributed by atoms with E-state index in [2.05, 4.69) is 26.0 Å². The Balaban J connectivity index is 2.14. The highest BCUT2D eigenvalue weighted by Gasteiger charge is 2.15. The minimum atomic E-state index is -0.287. The van der Waals surface area contributed by atoms with Crippen LogP contribution < -0.4 is 5.56 Å². The second-order valence-corrected chi connectivity index (χ2v) is 5.79. The first-order valence-electron chi connectivity index (χ1n) is 6.48. The second kappa shape index (κ2) is 5.11. The van der Waals surface area contributed by atoms with Crippen molar-refractivity contribution in [1.82, 2.24) is 14.6 Å². The van der Waals surface area contributed by atoms with Crippen molar-refractivity contribution in [1.29, 1.82) is 0 Å². The van der Waals surface area contributed by atoms with E-state index in [0.717, 1.165) is 15.7 Å². The fourth-order valence-corrected chi connectivity index (χ4v) is 2.66. The number of nitrogens with one attached hydrogen (secondary N) is 1. The van der Waals surface area contributed by atoms with Crippen molar-refractivity contribution < 1.29 is 4.39 Å². The minimum absolute atomic E-state index is 0.129. The second-order valence-electron chi connectivity index (χ2n) is 4.99. The summed E-state index contributed by atoms with van der Waals surface area (Å²) in [7, 11) is 0. The van der Waals surface area contributed by atoms with Gasteiger partial charge in [0.1, 0.15) is 5.82 Å². The molecule has 21 heavy (non-hydrogen) atoms. The van der Waals surface area contributed by atoms with Gasteiger partial charge in [-0.05, 0) is 47.5 Å². The molecule has 2 aromatic heterocycles. The topological polar surface area (TPSA) is 50.2 Å². The Kier molecular flexibility index (Phi) is 3.41. The summed E-state index contributed by atoms with van der Waals surface area (Å²) in [6.07, 6.45) is 0.427. The van der Waals surface area contributed by atoms with Crippen molar-refractivity contribution in [3.05, 3.63) is 67.4 Å². The average Bonchev–Trinajstić information content (AvgIpc) is 2.74. The van der Waals surface area contributed by atoms with E-state index < -0.39 is 0 Å². The van der Waals surface area contributed by atoms with Crippen LogP contribution in [-0.4, -0.2) is 14.6 Å². The molecule has 4 nitrogen and oxygen atoms in total. The lowest BCUT2D eigenvalue weighted by Gasteiger charge is -2.06. The van der Waals surface area contributed by atoms with Crippen LogP contribution in [0.4, 0.5) is 4.39 Å². The van der Waals surface area contributed by atoms with Gasteiger partial charge in [-0.2, -0.15) is 4.52 Å². The van der Waals surface area contributed by atoms with Crippen LogP contribution in [0.5, 0.6) is 0 Å². The SMILES string of the molecule is Cc1nc2c(Br)c(C)[nH]n2c(=O)c1Cc1ccc(F)cc1. The van der Waals surface area contributed by atoms with Gasteiger partial charge in [0.25, 0.3) is 5.56 Å². The number of hydrogen-bond acceptors (Lipinski definition) is 2. The van der Waals surface area contributed by atoms with Crippen LogP contribution in [0.3, 0.4) is 0 Å². The van der Waals surface area contributed by atoms with Gasteiger partial charge in [-0.1, -0.05) is 12.1 Å². The third-order valence-corrected chi connectivity index (χ3v) is 4.43. The summed E-state index contributed by atoms with van der Waals surface area (Å²) >= 11 is 3.42. The van der Waals surface area contributed by atoms with Crippen LogP contribution in [0.2, 0.25) is 0 Å². The molecule has 0 aliphatic heterocycles. The highest BCUT2D eigenvalue weighted by molar-refractivity contribution is 9.10. The Morgan fingerprint density at radius 2 is 1.95 bits per heavy atom. The zero-order chi connectivity index (χ0) is 15.1. The lowest BCUT2D eigenvalue weighted by atomic mass is 10.1. The maximum atomic E-state index is 13.0. The van der Waals surface area contributed by atoms with Crippen molar-refractivity contribution >= 4 is 21.6 Å². The van der Waals surface area contributed by atoms with E-state index in [9.17, 15) is 9.18 Å². The molecule has 1 aromatic carbocycles. The molecule has 1 N–H and O–H groups in total. The zero-order valence-corrected chi connectivity index (χ0v) is 13.2. The standard InChI is InChI=1S/C15H13BrFN3O/c1-8-12(7-10-3-5-11(17)6-4-10)15(21)20-14(18-8)13(16)9(2)19-20/h3-6,19H,7H2,1-2H3. The molecule has 3 aromatic rings. The number of halogens is 2. The fourth-order valence-electron chi connectivity index (χ4n) is 2.31. The first-order chi connectivity index (χ1) is 9.97. The Labute approximate surface area is 128 Å². The van der Waals surface area contributed by atoms with Crippen molar-refractivity contribution in [2.45, 2.75) is 20.3 Å². The molecule has 6 heteroatoms. The molecular formula is C15H13BrFN3O. The van der Waals surface area contributed by atoms with Gasteiger partial charge in [-0.25, -0.2) is 9.37 Å². The van der Waals surface area contributed by atoms with Gasteiger partial charge in [0.2, 0.25) is 0 Å². The quantitative estimate of drug-likeness (QED) is 0.772. The molecule has 0 spiro atoms. The number of aryl methyl sites for hydroxylation is 2. The van der Waals surface area contributed by atoms with Crippen LogP contribution in [-0.2, 0) is 6.42 Å². The maximum Gasteiger partial charge on any atom is 0.276 e. The van der Waals surface area contributed by atoms with Gasteiger partial charge in [0, 0.05) is 23.4 Å². The molecule has 0 atom stereocenters. The zero-order valence-electron chi connectivity index (χ0n) is 11.6. The number of benzene rings is 1. The van der Waals surface area contributed by atoms with Crippen molar-refractivity contribution in [2.75, 3.05) is 0 Å². The molecule has 108 valence electrons. The smallest absolute Gasteiger partial charge is 0.276 e. The number of fused-ring (bicyclic) bond motifs is 1. The highest BCUT2D eigenvalue weighted by Crippen LogP contribution is 2.20. The van der Waals surface area contributed by atoms with Gasteiger partial charge in [-0.3, -0.25) is 9.89 Å². The Hall–Kier alpha value is -1.95. The van der Waals surface area contributed by atoms with Gasteiger partial charge in [0.15, 0.2) is 5.65 Å². The van der Waals surface area contributed by atoms with E-state index in [1.54, 1.807) is 12.1 Å². The Morgan fingerprint density at radius 3 is 2.62 bits per heavy atom. The van der Waals surface area contributed by atoms with Crippen molar-refractivity contribution in [3.63, 3.8) is 0 Å².